The monoisotopic (exact) mass is 393 g/mol. The molecule has 0 bridgehead atoms. The zero-order valence-electron chi connectivity index (χ0n) is 17.4. The number of aromatic nitrogens is 4. The molecule has 1 N–H and O–H groups in total. The van der Waals surface area contributed by atoms with Crippen LogP contribution >= 0.6 is 0 Å². The maximum absolute atomic E-state index is 4.93. The van der Waals surface area contributed by atoms with Crippen molar-refractivity contribution in [3.05, 3.63) is 49.3 Å². The molecule has 0 saturated carbocycles. The maximum Gasteiger partial charge on any atom is 0.193 e. The molecule has 0 aliphatic carbocycles. The molecular formula is C22H31N7. The van der Waals surface area contributed by atoms with Crippen molar-refractivity contribution in [1.29, 1.82) is 0 Å². The van der Waals surface area contributed by atoms with Crippen LogP contribution in [0.25, 0.3) is 11.0 Å². The van der Waals surface area contributed by atoms with Crippen molar-refractivity contribution in [2.75, 3.05) is 26.2 Å². The third kappa shape index (κ3) is 4.44. The lowest BCUT2D eigenvalue weighted by Crippen LogP contribution is -2.49. The Kier molecular flexibility index (Phi) is 6.12. The van der Waals surface area contributed by atoms with Crippen LogP contribution in [0.2, 0.25) is 0 Å². The van der Waals surface area contributed by atoms with Gasteiger partial charge in [0.2, 0.25) is 0 Å². The van der Waals surface area contributed by atoms with Crippen molar-refractivity contribution in [3.63, 3.8) is 0 Å². The second-order valence-electron chi connectivity index (χ2n) is 7.81. The van der Waals surface area contributed by atoms with Gasteiger partial charge in [-0.2, -0.15) is 0 Å². The summed E-state index contributed by atoms with van der Waals surface area (Å²) in [6.45, 7) is 9.09. The van der Waals surface area contributed by atoms with Crippen LogP contribution in [0, 0.1) is 5.92 Å². The van der Waals surface area contributed by atoms with Gasteiger partial charge in [-0.3, -0.25) is 4.99 Å². The largest absolute Gasteiger partial charge is 0.357 e. The number of imidazole rings is 2. The number of aryl methyl sites for hydroxylation is 1. The Morgan fingerprint density at radius 1 is 1.28 bits per heavy atom. The Balaban J connectivity index is 1.38. The summed E-state index contributed by atoms with van der Waals surface area (Å²) in [4.78, 5) is 16.0. The first-order chi connectivity index (χ1) is 14.3. The highest BCUT2D eigenvalue weighted by molar-refractivity contribution is 5.80. The first kappa shape index (κ1) is 19.5. The first-order valence-corrected chi connectivity index (χ1v) is 10.7. The number of likely N-dealkylation sites (tertiary alicyclic amines) is 1. The number of hydrogen-bond donors (Lipinski definition) is 1. The lowest BCUT2D eigenvalue weighted by atomic mass is 9.93. The van der Waals surface area contributed by atoms with Crippen molar-refractivity contribution in [1.82, 2.24) is 29.3 Å². The highest BCUT2D eigenvalue weighted by Gasteiger charge is 2.28. The number of hydrogen-bond acceptors (Lipinski definition) is 3. The summed E-state index contributed by atoms with van der Waals surface area (Å²) in [6.07, 6.45) is 9.96. The first-order valence-electron chi connectivity index (χ1n) is 10.7. The van der Waals surface area contributed by atoms with Crippen LogP contribution in [0.4, 0.5) is 0 Å². The van der Waals surface area contributed by atoms with E-state index in [4.69, 9.17) is 4.99 Å². The highest BCUT2D eigenvalue weighted by atomic mass is 15.3. The van der Waals surface area contributed by atoms with Gasteiger partial charge >= 0.3 is 0 Å². The molecule has 7 nitrogen and oxygen atoms in total. The third-order valence-corrected chi connectivity index (χ3v) is 5.81. The summed E-state index contributed by atoms with van der Waals surface area (Å²) in [7, 11) is 0. The fraction of sp³-hybridized carbons (Fsp3) is 0.500. The number of aliphatic imine (C=N–C) groups is 1. The second kappa shape index (κ2) is 9.11. The van der Waals surface area contributed by atoms with E-state index in [2.05, 4.69) is 67.6 Å². The summed E-state index contributed by atoms with van der Waals surface area (Å²) in [6, 6.07) is 8.72. The number of para-hydroxylation sites is 2. The number of benzene rings is 1. The van der Waals surface area contributed by atoms with E-state index >= 15 is 0 Å². The number of nitrogens with zero attached hydrogens (tertiary/aromatic N) is 6. The normalized spacial score (nSPS) is 20.3. The average molecular weight is 394 g/mol. The third-order valence-electron chi connectivity index (χ3n) is 5.81. The molecular weight excluding hydrogens is 362 g/mol. The minimum absolute atomic E-state index is 0.437. The van der Waals surface area contributed by atoms with Gasteiger partial charge in [0.25, 0.3) is 0 Å². The predicted octanol–water partition coefficient (Wildman–Crippen LogP) is 3.17. The summed E-state index contributed by atoms with van der Waals surface area (Å²) < 4.78 is 4.46. The van der Waals surface area contributed by atoms with Crippen molar-refractivity contribution in [3.8, 4) is 0 Å². The van der Waals surface area contributed by atoms with Crippen LogP contribution in [-0.4, -0.2) is 56.1 Å². The van der Waals surface area contributed by atoms with Crippen LogP contribution in [0.15, 0.2) is 54.3 Å². The lowest BCUT2D eigenvalue weighted by Gasteiger charge is -2.39. The van der Waals surface area contributed by atoms with Crippen molar-refractivity contribution in [2.45, 2.75) is 39.3 Å². The molecule has 1 aromatic carbocycles. The van der Waals surface area contributed by atoms with E-state index in [1.807, 2.05) is 24.9 Å². The molecule has 2 unspecified atom stereocenters. The number of fused-ring (bicyclic) bond motifs is 1. The van der Waals surface area contributed by atoms with E-state index in [-0.39, 0.29) is 0 Å². The second-order valence-corrected chi connectivity index (χ2v) is 7.81. The molecule has 29 heavy (non-hydrogen) atoms. The van der Waals surface area contributed by atoms with E-state index in [1.54, 1.807) is 0 Å². The molecule has 2 aromatic heterocycles. The molecule has 1 fully saturated rings. The van der Waals surface area contributed by atoms with Crippen molar-refractivity contribution < 1.29 is 0 Å². The Morgan fingerprint density at radius 3 is 3.00 bits per heavy atom. The lowest BCUT2D eigenvalue weighted by molar-refractivity contribution is 0.189. The van der Waals surface area contributed by atoms with E-state index in [0.717, 1.165) is 57.0 Å². The minimum Gasteiger partial charge on any atom is -0.357 e. The average Bonchev–Trinajstić information content (AvgIpc) is 3.41. The Bertz CT molecular complexity index is 928. The van der Waals surface area contributed by atoms with Crippen LogP contribution in [0.1, 0.15) is 32.7 Å². The smallest absolute Gasteiger partial charge is 0.193 e. The van der Waals surface area contributed by atoms with Crippen molar-refractivity contribution in [2.24, 2.45) is 10.9 Å². The van der Waals surface area contributed by atoms with E-state index in [9.17, 15) is 0 Å². The molecule has 0 radical (unpaired) electrons. The topological polar surface area (TPSA) is 63.3 Å². The summed E-state index contributed by atoms with van der Waals surface area (Å²) >= 11 is 0. The van der Waals surface area contributed by atoms with E-state index < -0.39 is 0 Å². The van der Waals surface area contributed by atoms with Gasteiger partial charge in [0, 0.05) is 45.1 Å². The van der Waals surface area contributed by atoms with Gasteiger partial charge in [-0.25, -0.2) is 9.97 Å². The molecule has 4 rings (SSSR count). The number of piperidine rings is 1. The Morgan fingerprint density at radius 2 is 2.17 bits per heavy atom. The number of nitrogens with one attached hydrogen (secondary N) is 1. The zero-order valence-corrected chi connectivity index (χ0v) is 17.4. The summed E-state index contributed by atoms with van der Waals surface area (Å²) in [5.74, 6) is 1.66. The summed E-state index contributed by atoms with van der Waals surface area (Å²) in [5.41, 5.74) is 2.24. The molecule has 3 aromatic rings. The molecule has 0 spiro atoms. The molecule has 3 heterocycles. The highest BCUT2D eigenvalue weighted by Crippen LogP contribution is 2.27. The summed E-state index contributed by atoms with van der Waals surface area (Å²) in [5, 5.41) is 3.49. The van der Waals surface area contributed by atoms with Gasteiger partial charge in [0.05, 0.1) is 29.7 Å². The van der Waals surface area contributed by atoms with Gasteiger partial charge in [0.15, 0.2) is 5.96 Å². The Hall–Kier alpha value is -2.83. The number of rotatable bonds is 6. The van der Waals surface area contributed by atoms with Gasteiger partial charge in [-0.15, -0.1) is 0 Å². The molecule has 0 amide bonds. The predicted molar refractivity (Wildman–Crippen MR) is 117 cm³/mol. The van der Waals surface area contributed by atoms with E-state index in [1.165, 1.54) is 5.52 Å². The maximum atomic E-state index is 4.93. The van der Waals surface area contributed by atoms with Gasteiger partial charge in [0.1, 0.15) is 0 Å². The molecule has 7 heteroatoms. The van der Waals surface area contributed by atoms with Gasteiger partial charge in [-0.05, 0) is 37.8 Å². The minimum atomic E-state index is 0.437. The molecule has 2 atom stereocenters. The molecule has 154 valence electrons. The molecule has 1 aliphatic heterocycles. The van der Waals surface area contributed by atoms with Crippen molar-refractivity contribution >= 4 is 17.0 Å². The molecule has 1 aliphatic rings. The fourth-order valence-corrected chi connectivity index (χ4v) is 4.14. The standard InChI is InChI=1S/C22H31N7/c1-3-24-22(27-13-9-18(2)21(15-27)29-14-11-23-16-29)25-10-6-12-28-17-26-19-7-4-5-8-20(19)28/h4-5,7-8,11,14,16-18,21H,3,6,9-10,12-13,15H2,1-2H3,(H,24,25). The van der Waals surface area contributed by atoms with Gasteiger partial charge < -0.3 is 19.4 Å². The SMILES string of the molecule is CCNC(=NCCCn1cnc2ccccc21)N1CCC(C)C(n2ccnc2)C1. The van der Waals surface area contributed by atoms with Crippen LogP contribution < -0.4 is 5.32 Å². The fourth-order valence-electron chi connectivity index (χ4n) is 4.14. The van der Waals surface area contributed by atoms with Crippen LogP contribution in [0.3, 0.4) is 0 Å². The van der Waals surface area contributed by atoms with Gasteiger partial charge in [-0.1, -0.05) is 19.1 Å². The van der Waals surface area contributed by atoms with Crippen LogP contribution in [-0.2, 0) is 6.54 Å². The quantitative estimate of drug-likeness (QED) is 0.397. The molecule has 1 saturated heterocycles. The number of guanidine groups is 1. The van der Waals surface area contributed by atoms with E-state index in [0.29, 0.717) is 12.0 Å². The Labute approximate surface area is 172 Å². The van der Waals surface area contributed by atoms with Crippen LogP contribution in [0.5, 0.6) is 0 Å². The zero-order chi connectivity index (χ0) is 20.1.